The maximum Gasteiger partial charge on any atom is 0.0822 e. The largest absolute Gasteiger partial charge is 0.376 e. The zero-order chi connectivity index (χ0) is 18.6. The van der Waals surface area contributed by atoms with Gasteiger partial charge in [-0.1, -0.05) is 23.7 Å². The van der Waals surface area contributed by atoms with Gasteiger partial charge < -0.3 is 4.74 Å². The first kappa shape index (κ1) is 18.9. The SMILES string of the molecule is CCn1nc(CN2CCCN(Cc3cccc(Cl)c3)CC2)c2c1CCOC2. The van der Waals surface area contributed by atoms with E-state index < -0.39 is 0 Å². The van der Waals surface area contributed by atoms with Gasteiger partial charge >= 0.3 is 0 Å². The lowest BCUT2D eigenvalue weighted by molar-refractivity contribution is 0.107. The highest BCUT2D eigenvalue weighted by atomic mass is 35.5. The van der Waals surface area contributed by atoms with Crippen LogP contribution in [-0.2, 0) is 37.4 Å². The number of ether oxygens (including phenoxy) is 1. The minimum atomic E-state index is 0.722. The Hall–Kier alpha value is -1.40. The average Bonchev–Trinajstić information content (AvgIpc) is 2.88. The van der Waals surface area contributed by atoms with E-state index in [-0.39, 0.29) is 0 Å². The standard InChI is InChI=1S/C21H29ClN4O/c1-2-26-21-7-12-27-16-19(21)20(23-26)15-25-9-4-8-24(10-11-25)14-17-5-3-6-18(22)13-17/h3,5-6,13H,2,4,7-12,14-16H2,1H3. The van der Waals surface area contributed by atoms with Gasteiger partial charge in [-0.2, -0.15) is 5.10 Å². The zero-order valence-electron chi connectivity index (χ0n) is 16.2. The minimum Gasteiger partial charge on any atom is -0.376 e. The molecule has 5 nitrogen and oxygen atoms in total. The molecule has 0 N–H and O–H groups in total. The van der Waals surface area contributed by atoms with E-state index in [9.17, 15) is 0 Å². The summed E-state index contributed by atoms with van der Waals surface area (Å²) in [5.74, 6) is 0. The summed E-state index contributed by atoms with van der Waals surface area (Å²) >= 11 is 6.13. The van der Waals surface area contributed by atoms with Crippen molar-refractivity contribution in [1.29, 1.82) is 0 Å². The molecular formula is C21H29ClN4O. The molecule has 0 saturated carbocycles. The Balaban J connectivity index is 1.38. The lowest BCUT2D eigenvalue weighted by Crippen LogP contribution is -2.30. The van der Waals surface area contributed by atoms with Crippen molar-refractivity contribution in [1.82, 2.24) is 19.6 Å². The third-order valence-corrected chi connectivity index (χ3v) is 5.86. The monoisotopic (exact) mass is 388 g/mol. The van der Waals surface area contributed by atoms with Gasteiger partial charge in [0.2, 0.25) is 0 Å². The summed E-state index contributed by atoms with van der Waals surface area (Å²) in [5, 5.41) is 5.72. The lowest BCUT2D eigenvalue weighted by Gasteiger charge is -2.22. The molecule has 27 heavy (non-hydrogen) atoms. The van der Waals surface area contributed by atoms with Crippen molar-refractivity contribution in [3.8, 4) is 0 Å². The van der Waals surface area contributed by atoms with Crippen LogP contribution in [0.25, 0.3) is 0 Å². The van der Waals surface area contributed by atoms with E-state index in [0.29, 0.717) is 0 Å². The molecule has 0 unspecified atom stereocenters. The molecule has 1 aromatic carbocycles. The van der Waals surface area contributed by atoms with E-state index in [2.05, 4.69) is 33.5 Å². The normalized spacial score (nSPS) is 19.0. The molecule has 0 bridgehead atoms. The second kappa shape index (κ2) is 8.74. The fourth-order valence-electron chi connectivity index (χ4n) is 4.21. The van der Waals surface area contributed by atoms with Gasteiger partial charge in [-0.05, 0) is 44.1 Å². The van der Waals surface area contributed by atoms with Crippen molar-refractivity contribution in [2.45, 2.75) is 46.0 Å². The van der Waals surface area contributed by atoms with Crippen molar-refractivity contribution >= 4 is 11.6 Å². The third-order valence-electron chi connectivity index (χ3n) is 5.63. The van der Waals surface area contributed by atoms with E-state index in [1.807, 2.05) is 12.1 Å². The number of halogens is 1. The maximum absolute atomic E-state index is 6.13. The third kappa shape index (κ3) is 4.54. The van der Waals surface area contributed by atoms with E-state index in [4.69, 9.17) is 21.4 Å². The molecule has 6 heteroatoms. The van der Waals surface area contributed by atoms with Crippen molar-refractivity contribution < 1.29 is 4.74 Å². The molecule has 0 amide bonds. The molecule has 0 radical (unpaired) electrons. The van der Waals surface area contributed by atoms with E-state index in [1.165, 1.54) is 28.9 Å². The fraction of sp³-hybridized carbons (Fsp3) is 0.571. The first-order valence-electron chi connectivity index (χ1n) is 10.1. The second-order valence-corrected chi connectivity index (χ2v) is 7.96. The zero-order valence-corrected chi connectivity index (χ0v) is 16.9. The fourth-order valence-corrected chi connectivity index (χ4v) is 4.43. The summed E-state index contributed by atoms with van der Waals surface area (Å²) in [6.07, 6.45) is 2.18. The summed E-state index contributed by atoms with van der Waals surface area (Å²) in [4.78, 5) is 5.09. The van der Waals surface area contributed by atoms with Gasteiger partial charge in [0.15, 0.2) is 0 Å². The summed E-state index contributed by atoms with van der Waals surface area (Å²) in [5.41, 5.74) is 5.23. The number of fused-ring (bicyclic) bond motifs is 1. The Morgan fingerprint density at radius 1 is 1.11 bits per heavy atom. The van der Waals surface area contributed by atoms with E-state index in [1.54, 1.807) is 0 Å². The van der Waals surface area contributed by atoms with E-state index >= 15 is 0 Å². The maximum atomic E-state index is 6.13. The molecule has 0 atom stereocenters. The lowest BCUT2D eigenvalue weighted by atomic mass is 10.1. The molecule has 2 aliphatic heterocycles. The van der Waals surface area contributed by atoms with Crippen molar-refractivity contribution in [2.75, 3.05) is 32.8 Å². The molecule has 2 aliphatic rings. The molecule has 1 aromatic heterocycles. The van der Waals surface area contributed by atoms with Crippen LogP contribution in [0.3, 0.4) is 0 Å². The summed E-state index contributed by atoms with van der Waals surface area (Å²) in [6, 6.07) is 8.22. The average molecular weight is 389 g/mol. The van der Waals surface area contributed by atoms with Crippen molar-refractivity contribution in [3.05, 3.63) is 51.8 Å². The molecule has 0 aliphatic carbocycles. The second-order valence-electron chi connectivity index (χ2n) is 7.53. The topological polar surface area (TPSA) is 33.5 Å². The van der Waals surface area contributed by atoms with Crippen LogP contribution in [0.5, 0.6) is 0 Å². The molecule has 4 rings (SSSR count). The van der Waals surface area contributed by atoms with Crippen molar-refractivity contribution in [3.63, 3.8) is 0 Å². The molecule has 1 saturated heterocycles. The van der Waals surface area contributed by atoms with Gasteiger partial charge in [0.25, 0.3) is 0 Å². The van der Waals surface area contributed by atoms with Crippen LogP contribution in [0.2, 0.25) is 5.02 Å². The van der Waals surface area contributed by atoms with Crippen LogP contribution in [0.4, 0.5) is 0 Å². The Morgan fingerprint density at radius 2 is 1.93 bits per heavy atom. The Bertz CT molecular complexity index is 776. The Kier molecular flexibility index (Phi) is 6.13. The number of aromatic nitrogens is 2. The Morgan fingerprint density at radius 3 is 2.70 bits per heavy atom. The van der Waals surface area contributed by atoms with Gasteiger partial charge in [0.1, 0.15) is 0 Å². The van der Waals surface area contributed by atoms with Gasteiger partial charge in [-0.15, -0.1) is 0 Å². The van der Waals surface area contributed by atoms with Crippen LogP contribution < -0.4 is 0 Å². The van der Waals surface area contributed by atoms with E-state index in [0.717, 1.165) is 70.5 Å². The molecular weight excluding hydrogens is 360 g/mol. The highest BCUT2D eigenvalue weighted by molar-refractivity contribution is 6.30. The quantitative estimate of drug-likeness (QED) is 0.786. The molecule has 2 aromatic rings. The first-order valence-corrected chi connectivity index (χ1v) is 10.4. The van der Waals surface area contributed by atoms with Crippen LogP contribution in [0.15, 0.2) is 24.3 Å². The number of aryl methyl sites for hydroxylation is 1. The number of nitrogens with zero attached hydrogens (tertiary/aromatic N) is 4. The summed E-state index contributed by atoms with van der Waals surface area (Å²) in [7, 11) is 0. The van der Waals surface area contributed by atoms with Crippen LogP contribution in [0.1, 0.15) is 35.9 Å². The number of benzene rings is 1. The predicted molar refractivity (Wildman–Crippen MR) is 108 cm³/mol. The number of hydrogen-bond donors (Lipinski definition) is 0. The Labute approximate surface area is 166 Å². The molecule has 146 valence electrons. The smallest absolute Gasteiger partial charge is 0.0822 e. The highest BCUT2D eigenvalue weighted by Crippen LogP contribution is 2.23. The molecule has 3 heterocycles. The predicted octanol–water partition coefficient (Wildman–Crippen LogP) is 3.34. The highest BCUT2D eigenvalue weighted by Gasteiger charge is 2.23. The van der Waals surface area contributed by atoms with Crippen molar-refractivity contribution in [2.24, 2.45) is 0 Å². The summed E-state index contributed by atoms with van der Waals surface area (Å²) in [6.45, 7) is 11.0. The number of rotatable bonds is 5. The van der Waals surface area contributed by atoms with Gasteiger partial charge in [-0.25, -0.2) is 0 Å². The molecule has 1 fully saturated rings. The minimum absolute atomic E-state index is 0.722. The van der Waals surface area contributed by atoms with Crippen LogP contribution in [0, 0.1) is 0 Å². The number of hydrogen-bond acceptors (Lipinski definition) is 4. The van der Waals surface area contributed by atoms with Gasteiger partial charge in [-0.3, -0.25) is 14.5 Å². The van der Waals surface area contributed by atoms with Gasteiger partial charge in [0, 0.05) is 55.4 Å². The van der Waals surface area contributed by atoms with Crippen LogP contribution >= 0.6 is 11.6 Å². The summed E-state index contributed by atoms with van der Waals surface area (Å²) < 4.78 is 7.89. The van der Waals surface area contributed by atoms with Gasteiger partial charge in [0.05, 0.1) is 18.9 Å². The first-order chi connectivity index (χ1) is 13.2. The van der Waals surface area contributed by atoms with Crippen LogP contribution in [-0.4, -0.2) is 52.4 Å². The molecule has 0 spiro atoms.